The fourth-order valence-corrected chi connectivity index (χ4v) is 1.82. The molecule has 1 N–H and O–H groups in total. The van der Waals surface area contributed by atoms with E-state index in [1.165, 1.54) is 6.54 Å². The molecule has 0 amide bonds. The molecule has 0 aromatic rings. The maximum absolute atomic E-state index is 5.53. The molecule has 2 saturated heterocycles. The third kappa shape index (κ3) is 0.775. The van der Waals surface area contributed by atoms with Crippen LogP contribution in [0.2, 0.25) is 0 Å². The van der Waals surface area contributed by atoms with Crippen LogP contribution in [0.1, 0.15) is 6.92 Å². The highest BCUT2D eigenvalue weighted by Crippen LogP contribution is 2.28. The summed E-state index contributed by atoms with van der Waals surface area (Å²) in [6.07, 6.45) is 0.542. The van der Waals surface area contributed by atoms with Crippen molar-refractivity contribution in [3.8, 4) is 0 Å². The summed E-state index contributed by atoms with van der Waals surface area (Å²) < 4.78 is 5.53. The van der Waals surface area contributed by atoms with Gasteiger partial charge in [0.1, 0.15) is 0 Å². The minimum Gasteiger partial charge on any atom is -0.376 e. The highest BCUT2D eigenvalue weighted by molar-refractivity contribution is 4.89. The lowest BCUT2D eigenvalue weighted by Gasteiger charge is -2.07. The molecule has 0 aliphatic carbocycles. The average Bonchev–Trinajstić information content (AvgIpc) is 2.35. The van der Waals surface area contributed by atoms with Crippen LogP contribution in [0, 0.1) is 11.8 Å². The second-order valence-corrected chi connectivity index (χ2v) is 3.17. The topological polar surface area (TPSA) is 21.3 Å². The summed E-state index contributed by atoms with van der Waals surface area (Å²) in [4.78, 5) is 0. The van der Waals surface area contributed by atoms with E-state index in [9.17, 15) is 0 Å². The Labute approximate surface area is 55.6 Å². The molecule has 0 saturated carbocycles. The molecule has 0 aromatic heterocycles. The van der Waals surface area contributed by atoms with Gasteiger partial charge < -0.3 is 10.1 Å². The number of hydrogen-bond donors (Lipinski definition) is 1. The summed E-state index contributed by atoms with van der Waals surface area (Å²) in [5.74, 6) is 1.59. The van der Waals surface area contributed by atoms with Crippen molar-refractivity contribution in [3.05, 3.63) is 0 Å². The summed E-state index contributed by atoms with van der Waals surface area (Å²) in [5, 5.41) is 3.33. The molecular formula is C7H13NO. The van der Waals surface area contributed by atoms with Crippen LogP contribution in [0.25, 0.3) is 0 Å². The van der Waals surface area contributed by atoms with Crippen molar-refractivity contribution < 1.29 is 4.74 Å². The van der Waals surface area contributed by atoms with Gasteiger partial charge in [-0.3, -0.25) is 0 Å². The van der Waals surface area contributed by atoms with E-state index in [0.717, 1.165) is 25.0 Å². The van der Waals surface area contributed by atoms with Crippen LogP contribution >= 0.6 is 0 Å². The van der Waals surface area contributed by atoms with Crippen LogP contribution in [0.4, 0.5) is 0 Å². The van der Waals surface area contributed by atoms with Crippen molar-refractivity contribution in [2.45, 2.75) is 13.0 Å². The highest BCUT2D eigenvalue weighted by atomic mass is 16.5. The Balaban J connectivity index is 2.07. The minimum absolute atomic E-state index is 0.542. The SMILES string of the molecule is CC1COC2CNCC12. The lowest BCUT2D eigenvalue weighted by molar-refractivity contribution is 0.110. The van der Waals surface area contributed by atoms with Crippen LogP contribution in [-0.2, 0) is 4.74 Å². The Morgan fingerprint density at radius 1 is 1.44 bits per heavy atom. The predicted octanol–water partition coefficient (Wildman–Crippen LogP) is 0.241. The predicted molar refractivity (Wildman–Crippen MR) is 35.3 cm³/mol. The molecule has 2 fully saturated rings. The standard InChI is InChI=1S/C7H13NO/c1-5-4-9-7-3-8-2-6(5)7/h5-8H,2-4H2,1H3. The fourth-order valence-electron chi connectivity index (χ4n) is 1.82. The Bertz CT molecular complexity index is 115. The van der Waals surface area contributed by atoms with E-state index in [2.05, 4.69) is 12.2 Å². The molecule has 3 unspecified atom stereocenters. The number of hydrogen-bond acceptors (Lipinski definition) is 2. The first-order valence-corrected chi connectivity index (χ1v) is 3.70. The van der Waals surface area contributed by atoms with E-state index < -0.39 is 0 Å². The molecule has 0 spiro atoms. The van der Waals surface area contributed by atoms with Gasteiger partial charge >= 0.3 is 0 Å². The Hall–Kier alpha value is -0.0800. The summed E-state index contributed by atoms with van der Waals surface area (Å²) in [7, 11) is 0. The van der Waals surface area contributed by atoms with Crippen LogP contribution < -0.4 is 5.32 Å². The highest BCUT2D eigenvalue weighted by Gasteiger charge is 2.37. The normalized spacial score (nSPS) is 49.7. The zero-order valence-electron chi connectivity index (χ0n) is 5.76. The first-order chi connectivity index (χ1) is 4.38. The van der Waals surface area contributed by atoms with E-state index in [-0.39, 0.29) is 0 Å². The average molecular weight is 127 g/mol. The van der Waals surface area contributed by atoms with E-state index in [4.69, 9.17) is 4.74 Å². The minimum atomic E-state index is 0.542. The first-order valence-electron chi connectivity index (χ1n) is 3.70. The zero-order chi connectivity index (χ0) is 6.27. The van der Waals surface area contributed by atoms with Crippen LogP contribution in [-0.4, -0.2) is 25.8 Å². The van der Waals surface area contributed by atoms with Gasteiger partial charge in [0.2, 0.25) is 0 Å². The molecule has 2 rings (SSSR count). The van der Waals surface area contributed by atoms with Crippen molar-refractivity contribution in [1.82, 2.24) is 5.32 Å². The molecule has 2 nitrogen and oxygen atoms in total. The molecule has 2 aliphatic rings. The van der Waals surface area contributed by atoms with Crippen molar-refractivity contribution in [3.63, 3.8) is 0 Å². The number of rotatable bonds is 0. The van der Waals surface area contributed by atoms with Crippen LogP contribution in [0.5, 0.6) is 0 Å². The smallest absolute Gasteiger partial charge is 0.0743 e. The lowest BCUT2D eigenvalue weighted by atomic mass is 9.95. The second-order valence-electron chi connectivity index (χ2n) is 3.17. The summed E-state index contributed by atoms with van der Waals surface area (Å²) in [5.41, 5.74) is 0. The monoisotopic (exact) mass is 127 g/mol. The number of ether oxygens (including phenoxy) is 1. The molecule has 3 atom stereocenters. The number of nitrogens with one attached hydrogen (secondary N) is 1. The zero-order valence-corrected chi connectivity index (χ0v) is 5.76. The van der Waals surface area contributed by atoms with E-state index >= 15 is 0 Å². The van der Waals surface area contributed by atoms with Crippen molar-refractivity contribution in [2.75, 3.05) is 19.7 Å². The molecule has 0 aromatic carbocycles. The molecular weight excluding hydrogens is 114 g/mol. The van der Waals surface area contributed by atoms with Gasteiger partial charge in [-0.25, -0.2) is 0 Å². The molecule has 52 valence electrons. The van der Waals surface area contributed by atoms with Crippen molar-refractivity contribution in [2.24, 2.45) is 11.8 Å². The summed E-state index contributed by atoms with van der Waals surface area (Å²) in [6, 6.07) is 0. The Kier molecular flexibility index (Phi) is 1.24. The first kappa shape index (κ1) is 5.69. The second kappa shape index (κ2) is 1.96. The van der Waals surface area contributed by atoms with Crippen LogP contribution in [0.3, 0.4) is 0 Å². The van der Waals surface area contributed by atoms with Gasteiger partial charge in [0, 0.05) is 25.6 Å². The van der Waals surface area contributed by atoms with Gasteiger partial charge in [-0.1, -0.05) is 6.92 Å². The van der Waals surface area contributed by atoms with Gasteiger partial charge in [0.05, 0.1) is 6.10 Å². The summed E-state index contributed by atoms with van der Waals surface area (Å²) >= 11 is 0. The van der Waals surface area contributed by atoms with Gasteiger partial charge in [-0.15, -0.1) is 0 Å². The molecule has 9 heavy (non-hydrogen) atoms. The van der Waals surface area contributed by atoms with Crippen molar-refractivity contribution >= 4 is 0 Å². The van der Waals surface area contributed by atoms with Gasteiger partial charge in [0.15, 0.2) is 0 Å². The van der Waals surface area contributed by atoms with Gasteiger partial charge in [0.25, 0.3) is 0 Å². The van der Waals surface area contributed by atoms with E-state index in [0.29, 0.717) is 6.10 Å². The molecule has 0 radical (unpaired) electrons. The van der Waals surface area contributed by atoms with Gasteiger partial charge in [-0.2, -0.15) is 0 Å². The maximum Gasteiger partial charge on any atom is 0.0743 e. The maximum atomic E-state index is 5.53. The molecule has 2 heteroatoms. The quantitative estimate of drug-likeness (QED) is 0.503. The number of fused-ring (bicyclic) bond motifs is 1. The molecule has 2 aliphatic heterocycles. The van der Waals surface area contributed by atoms with Crippen LogP contribution in [0.15, 0.2) is 0 Å². The Morgan fingerprint density at radius 2 is 2.33 bits per heavy atom. The molecule has 0 bridgehead atoms. The van der Waals surface area contributed by atoms with Crippen molar-refractivity contribution in [1.29, 1.82) is 0 Å². The van der Waals surface area contributed by atoms with E-state index in [1.54, 1.807) is 0 Å². The van der Waals surface area contributed by atoms with Gasteiger partial charge in [-0.05, 0) is 5.92 Å². The molecule has 2 heterocycles. The van der Waals surface area contributed by atoms with E-state index in [1.807, 2.05) is 0 Å². The fraction of sp³-hybridized carbons (Fsp3) is 1.00. The third-order valence-corrected chi connectivity index (χ3v) is 2.51. The Morgan fingerprint density at radius 3 is 3.11 bits per heavy atom. The largest absolute Gasteiger partial charge is 0.376 e. The lowest BCUT2D eigenvalue weighted by Crippen LogP contribution is -2.15. The third-order valence-electron chi connectivity index (χ3n) is 2.51. The summed E-state index contributed by atoms with van der Waals surface area (Å²) in [6.45, 7) is 5.51.